The largest absolute Gasteiger partial charge is 0.495 e. The van der Waals surface area contributed by atoms with Crippen LogP contribution in [0.3, 0.4) is 0 Å². The van der Waals surface area contributed by atoms with Crippen LogP contribution in [-0.4, -0.2) is 33.7 Å². The van der Waals surface area contributed by atoms with Gasteiger partial charge in [0.1, 0.15) is 12.3 Å². The summed E-state index contributed by atoms with van der Waals surface area (Å²) in [5, 5.41) is 4.69. The van der Waals surface area contributed by atoms with E-state index in [1.165, 1.54) is 19.2 Å². The van der Waals surface area contributed by atoms with Crippen LogP contribution >= 0.6 is 11.6 Å². The summed E-state index contributed by atoms with van der Waals surface area (Å²) in [6, 6.07) is 20.0. The molecule has 0 aromatic heterocycles. The molecule has 0 radical (unpaired) electrons. The number of carbonyl (C=O) groups is 1. The quantitative estimate of drug-likeness (QED) is 0.378. The average Bonchev–Trinajstić information content (AvgIpc) is 2.81. The number of para-hydroxylation sites is 2. The van der Waals surface area contributed by atoms with Crippen molar-refractivity contribution in [3.63, 3.8) is 0 Å². The third kappa shape index (κ3) is 5.91. The fourth-order valence-electron chi connectivity index (χ4n) is 3.04. The summed E-state index contributed by atoms with van der Waals surface area (Å²) in [6.07, 6.45) is 0. The van der Waals surface area contributed by atoms with Crippen LogP contribution in [0.1, 0.15) is 18.1 Å². The van der Waals surface area contributed by atoms with Gasteiger partial charge in [-0.2, -0.15) is 5.10 Å². The molecule has 9 heteroatoms. The molecule has 0 aliphatic rings. The van der Waals surface area contributed by atoms with E-state index in [0.29, 0.717) is 16.5 Å². The number of ether oxygens (including phenoxy) is 1. The van der Waals surface area contributed by atoms with Crippen LogP contribution in [0.25, 0.3) is 0 Å². The highest BCUT2D eigenvalue weighted by Crippen LogP contribution is 2.32. The standard InChI is InChI=1S/C24H24ClN3O4S/c1-17-8-14-21(15-9-17)33(30,31)28(22-6-4-5-7-23(22)32-3)16-24(29)27-26-18(2)19-10-12-20(25)13-11-19/h4-15H,16H2,1-3H3,(H,27,29)/b26-18-. The zero-order chi connectivity index (χ0) is 24.0. The Kier molecular flexibility index (Phi) is 7.73. The molecule has 0 saturated heterocycles. The van der Waals surface area contributed by atoms with Crippen LogP contribution in [0, 0.1) is 6.92 Å². The van der Waals surface area contributed by atoms with E-state index in [1.54, 1.807) is 67.6 Å². The molecule has 3 aromatic carbocycles. The number of hydrazone groups is 1. The van der Waals surface area contributed by atoms with E-state index < -0.39 is 22.5 Å². The molecule has 0 unspecified atom stereocenters. The summed E-state index contributed by atoms with van der Waals surface area (Å²) >= 11 is 5.90. The Morgan fingerprint density at radius 1 is 1.03 bits per heavy atom. The molecule has 1 N–H and O–H groups in total. The van der Waals surface area contributed by atoms with E-state index in [2.05, 4.69) is 10.5 Å². The highest BCUT2D eigenvalue weighted by molar-refractivity contribution is 7.92. The number of methoxy groups -OCH3 is 1. The van der Waals surface area contributed by atoms with E-state index in [4.69, 9.17) is 16.3 Å². The minimum atomic E-state index is -4.06. The maximum atomic E-state index is 13.5. The second-order valence-corrected chi connectivity index (χ2v) is 9.53. The summed E-state index contributed by atoms with van der Waals surface area (Å²) in [5.74, 6) is -0.285. The van der Waals surface area contributed by atoms with Crippen LogP contribution in [-0.2, 0) is 14.8 Å². The molecule has 0 spiro atoms. The number of sulfonamides is 1. The van der Waals surface area contributed by atoms with E-state index >= 15 is 0 Å². The van der Waals surface area contributed by atoms with Gasteiger partial charge in [0.05, 0.1) is 23.4 Å². The summed E-state index contributed by atoms with van der Waals surface area (Å²) in [5.41, 5.74) is 4.92. The van der Waals surface area contributed by atoms with Crippen molar-refractivity contribution in [1.82, 2.24) is 5.43 Å². The number of hydrogen-bond donors (Lipinski definition) is 1. The number of carbonyl (C=O) groups excluding carboxylic acids is 1. The molecule has 7 nitrogen and oxygen atoms in total. The topological polar surface area (TPSA) is 88.1 Å². The van der Waals surface area contributed by atoms with Crippen molar-refractivity contribution in [3.8, 4) is 5.75 Å². The number of rotatable bonds is 8. The summed E-state index contributed by atoms with van der Waals surface area (Å²) < 4.78 is 33.3. The van der Waals surface area contributed by atoms with Crippen LogP contribution < -0.4 is 14.5 Å². The molecular weight excluding hydrogens is 462 g/mol. The highest BCUT2D eigenvalue weighted by atomic mass is 35.5. The van der Waals surface area contributed by atoms with Gasteiger partial charge in [-0.1, -0.05) is 53.6 Å². The van der Waals surface area contributed by atoms with Crippen LogP contribution in [0.2, 0.25) is 5.02 Å². The van der Waals surface area contributed by atoms with Gasteiger partial charge in [0.15, 0.2) is 0 Å². The van der Waals surface area contributed by atoms with E-state index in [0.717, 1.165) is 15.4 Å². The molecule has 172 valence electrons. The van der Waals surface area contributed by atoms with Crippen molar-refractivity contribution < 1.29 is 17.9 Å². The Hall–Kier alpha value is -3.36. The monoisotopic (exact) mass is 485 g/mol. The van der Waals surface area contributed by atoms with Gasteiger partial charge in [-0.25, -0.2) is 13.8 Å². The Morgan fingerprint density at radius 3 is 2.30 bits per heavy atom. The SMILES string of the molecule is COc1ccccc1N(CC(=O)N/N=C(/C)c1ccc(Cl)cc1)S(=O)(=O)c1ccc(C)cc1. The van der Waals surface area contributed by atoms with E-state index in [9.17, 15) is 13.2 Å². The summed E-state index contributed by atoms with van der Waals surface area (Å²) in [6.45, 7) is 3.10. The molecular formula is C24H24ClN3O4S. The Morgan fingerprint density at radius 2 is 1.67 bits per heavy atom. The predicted molar refractivity (Wildman–Crippen MR) is 131 cm³/mol. The van der Waals surface area contributed by atoms with Crippen molar-refractivity contribution in [2.45, 2.75) is 18.7 Å². The predicted octanol–water partition coefficient (Wildman–Crippen LogP) is 4.39. The van der Waals surface area contributed by atoms with E-state index in [-0.39, 0.29) is 10.6 Å². The second-order valence-electron chi connectivity index (χ2n) is 7.24. The zero-order valence-electron chi connectivity index (χ0n) is 18.4. The minimum absolute atomic E-state index is 0.0626. The first-order valence-corrected chi connectivity index (χ1v) is 11.9. The van der Waals surface area contributed by atoms with Gasteiger partial charge in [0.2, 0.25) is 0 Å². The normalized spacial score (nSPS) is 11.7. The number of aryl methyl sites for hydroxylation is 1. The second kappa shape index (κ2) is 10.5. The highest BCUT2D eigenvalue weighted by Gasteiger charge is 2.29. The van der Waals surface area contributed by atoms with Gasteiger partial charge in [-0.05, 0) is 55.8 Å². The van der Waals surface area contributed by atoms with Crippen LogP contribution in [0.15, 0.2) is 82.8 Å². The number of nitrogens with zero attached hydrogens (tertiary/aromatic N) is 2. The maximum absolute atomic E-state index is 13.5. The fraction of sp³-hybridized carbons (Fsp3) is 0.167. The molecule has 3 rings (SSSR count). The number of halogens is 1. The Bertz CT molecular complexity index is 1260. The fourth-order valence-corrected chi connectivity index (χ4v) is 4.60. The number of amides is 1. The van der Waals surface area contributed by atoms with Crippen molar-refractivity contribution in [3.05, 3.63) is 88.9 Å². The van der Waals surface area contributed by atoms with Gasteiger partial charge in [-0.3, -0.25) is 9.10 Å². The molecule has 33 heavy (non-hydrogen) atoms. The minimum Gasteiger partial charge on any atom is -0.495 e. The van der Waals surface area contributed by atoms with Crippen molar-refractivity contribution in [1.29, 1.82) is 0 Å². The van der Waals surface area contributed by atoms with Gasteiger partial charge >= 0.3 is 0 Å². The smallest absolute Gasteiger partial charge is 0.264 e. The third-order valence-corrected chi connectivity index (χ3v) is 6.89. The lowest BCUT2D eigenvalue weighted by atomic mass is 10.1. The van der Waals surface area contributed by atoms with Crippen molar-refractivity contribution >= 4 is 38.9 Å². The molecule has 0 fully saturated rings. The molecule has 0 atom stereocenters. The number of anilines is 1. The summed E-state index contributed by atoms with van der Waals surface area (Å²) in [4.78, 5) is 12.8. The summed E-state index contributed by atoms with van der Waals surface area (Å²) in [7, 11) is -2.62. The lowest BCUT2D eigenvalue weighted by Gasteiger charge is -2.25. The van der Waals surface area contributed by atoms with E-state index in [1.807, 2.05) is 6.92 Å². The molecule has 0 bridgehead atoms. The molecule has 0 aliphatic carbocycles. The Balaban J connectivity index is 1.91. The first-order valence-electron chi connectivity index (χ1n) is 10.0. The van der Waals surface area contributed by atoms with Crippen molar-refractivity contribution in [2.75, 3.05) is 18.0 Å². The zero-order valence-corrected chi connectivity index (χ0v) is 20.0. The molecule has 3 aromatic rings. The first kappa shape index (κ1) is 24.3. The van der Waals surface area contributed by atoms with Gasteiger partial charge in [0, 0.05) is 5.02 Å². The molecule has 0 aliphatic heterocycles. The van der Waals surface area contributed by atoms with Crippen molar-refractivity contribution in [2.24, 2.45) is 5.10 Å². The molecule has 0 heterocycles. The van der Waals surface area contributed by atoms with Crippen LogP contribution in [0.4, 0.5) is 5.69 Å². The van der Waals surface area contributed by atoms with Gasteiger partial charge in [-0.15, -0.1) is 0 Å². The van der Waals surface area contributed by atoms with Crippen LogP contribution in [0.5, 0.6) is 5.75 Å². The van der Waals surface area contributed by atoms with Gasteiger partial charge < -0.3 is 4.74 Å². The first-order chi connectivity index (χ1) is 15.7. The van der Waals surface area contributed by atoms with Gasteiger partial charge in [0.25, 0.3) is 15.9 Å². The molecule has 0 saturated carbocycles. The number of benzene rings is 3. The molecule has 1 amide bonds. The lowest BCUT2D eigenvalue weighted by Crippen LogP contribution is -2.40. The third-order valence-electron chi connectivity index (χ3n) is 4.86. The number of hydrogen-bond acceptors (Lipinski definition) is 5. The maximum Gasteiger partial charge on any atom is 0.264 e. The average molecular weight is 486 g/mol. The lowest BCUT2D eigenvalue weighted by molar-refractivity contribution is -0.119. The Labute approximate surface area is 198 Å². The number of nitrogens with one attached hydrogen (secondary N) is 1.